The summed E-state index contributed by atoms with van der Waals surface area (Å²) < 4.78 is 17.0. The molecule has 1 aromatic carbocycles. The number of hydrogen-bond donors (Lipinski definition) is 1. The Bertz CT molecular complexity index is 1230. The van der Waals surface area contributed by atoms with E-state index in [2.05, 4.69) is 42.0 Å². The topological polar surface area (TPSA) is 73.1 Å². The normalized spacial score (nSPS) is 15.8. The lowest BCUT2D eigenvalue weighted by Gasteiger charge is -2.33. The number of furan rings is 1. The van der Waals surface area contributed by atoms with Gasteiger partial charge in [0.05, 0.1) is 37.1 Å². The zero-order valence-corrected chi connectivity index (χ0v) is 23.1. The first kappa shape index (κ1) is 25.5. The van der Waals surface area contributed by atoms with Gasteiger partial charge in [-0.25, -0.2) is 4.99 Å². The third kappa shape index (κ3) is 5.64. The number of nitrogens with one attached hydrogen (secondary N) is 1. The number of nitrogens with zero attached hydrogens (tertiary/aromatic N) is 1. The van der Waals surface area contributed by atoms with E-state index in [1.54, 1.807) is 38.0 Å². The number of aliphatic imine (C=N–C) groups is 1. The number of hydrogen-bond acceptors (Lipinski definition) is 6. The van der Waals surface area contributed by atoms with Crippen LogP contribution in [-0.2, 0) is 19.4 Å². The number of amides is 1. The van der Waals surface area contributed by atoms with Crippen molar-refractivity contribution in [3.05, 3.63) is 62.3 Å². The van der Waals surface area contributed by atoms with Crippen LogP contribution in [0.3, 0.4) is 0 Å². The maximum absolute atomic E-state index is 13.4. The highest BCUT2D eigenvalue weighted by atomic mass is 79.9. The number of carbonyl (C=O) groups excluding carboxylic acids is 1. The summed E-state index contributed by atoms with van der Waals surface area (Å²) in [5, 5.41) is 3.75. The van der Waals surface area contributed by atoms with Gasteiger partial charge < -0.3 is 19.2 Å². The molecule has 6 nitrogen and oxygen atoms in total. The third-order valence-corrected chi connectivity index (χ3v) is 8.24. The predicted molar refractivity (Wildman–Crippen MR) is 144 cm³/mol. The molecule has 0 saturated heterocycles. The molecule has 3 aromatic rings. The molecule has 0 aliphatic heterocycles. The second kappa shape index (κ2) is 10.6. The fourth-order valence-electron chi connectivity index (χ4n) is 4.45. The van der Waals surface area contributed by atoms with E-state index < -0.39 is 0 Å². The van der Waals surface area contributed by atoms with Crippen molar-refractivity contribution in [2.45, 2.75) is 46.6 Å². The first-order chi connectivity index (χ1) is 16.7. The van der Waals surface area contributed by atoms with Gasteiger partial charge in [-0.15, -0.1) is 11.3 Å². The maximum atomic E-state index is 13.4. The van der Waals surface area contributed by atoms with Crippen LogP contribution >= 0.6 is 27.3 Å². The molecular formula is C27H31BrN2O4S. The first-order valence-corrected chi connectivity index (χ1v) is 13.2. The number of carbonyl (C=O) groups is 1. The van der Waals surface area contributed by atoms with E-state index in [0.29, 0.717) is 29.5 Å². The lowest BCUT2D eigenvalue weighted by molar-refractivity contribution is 0.0947. The van der Waals surface area contributed by atoms with Crippen molar-refractivity contribution >= 4 is 44.4 Å². The molecule has 35 heavy (non-hydrogen) atoms. The summed E-state index contributed by atoms with van der Waals surface area (Å²) >= 11 is 5.16. The van der Waals surface area contributed by atoms with Crippen LogP contribution in [0.1, 0.15) is 59.3 Å². The van der Waals surface area contributed by atoms with E-state index in [9.17, 15) is 4.79 Å². The number of fused-ring (bicyclic) bond motifs is 1. The van der Waals surface area contributed by atoms with Crippen molar-refractivity contribution in [1.29, 1.82) is 0 Å². The number of ether oxygens (including phenoxy) is 2. The average Bonchev–Trinajstić information content (AvgIpc) is 3.47. The molecule has 2 heterocycles. The summed E-state index contributed by atoms with van der Waals surface area (Å²) in [6.45, 7) is 7.22. The first-order valence-electron chi connectivity index (χ1n) is 11.6. The van der Waals surface area contributed by atoms with E-state index in [-0.39, 0.29) is 11.3 Å². The van der Waals surface area contributed by atoms with Gasteiger partial charge in [0.15, 0.2) is 11.5 Å². The molecule has 0 saturated carbocycles. The largest absolute Gasteiger partial charge is 0.493 e. The zero-order chi connectivity index (χ0) is 25.2. The standard InChI is InChI=1S/C27H31BrN2O4S/c1-27(2,3)17-8-9-19-22(13-17)35-26(23(19)25(31)29-15-18-7-6-10-34-18)30-14-16-11-20(28)24(33-5)21(12-16)32-4/h6-7,10-12,14,17H,8-9,13,15H2,1-5H3,(H,29,31)/t17-/m1/s1. The smallest absolute Gasteiger partial charge is 0.255 e. The maximum Gasteiger partial charge on any atom is 0.255 e. The molecule has 186 valence electrons. The van der Waals surface area contributed by atoms with E-state index in [4.69, 9.17) is 18.9 Å². The van der Waals surface area contributed by atoms with Crippen LogP contribution < -0.4 is 14.8 Å². The van der Waals surface area contributed by atoms with Crippen molar-refractivity contribution in [1.82, 2.24) is 5.32 Å². The Labute approximate surface area is 218 Å². The minimum absolute atomic E-state index is 0.117. The minimum atomic E-state index is -0.117. The van der Waals surface area contributed by atoms with Crippen LogP contribution in [0.25, 0.3) is 0 Å². The van der Waals surface area contributed by atoms with Crippen molar-refractivity contribution in [3.63, 3.8) is 0 Å². The lowest BCUT2D eigenvalue weighted by atomic mass is 9.72. The Kier molecular flexibility index (Phi) is 7.71. The van der Waals surface area contributed by atoms with E-state index in [0.717, 1.165) is 45.6 Å². The summed E-state index contributed by atoms with van der Waals surface area (Å²) in [5.74, 6) is 2.41. The molecule has 0 bridgehead atoms. The zero-order valence-electron chi connectivity index (χ0n) is 20.7. The molecule has 1 atom stereocenters. The van der Waals surface area contributed by atoms with Gasteiger partial charge in [-0.2, -0.15) is 0 Å². The number of rotatable bonds is 7. The molecule has 0 fully saturated rings. The van der Waals surface area contributed by atoms with E-state index >= 15 is 0 Å². The Morgan fingerprint density at radius 3 is 2.77 bits per heavy atom. The Morgan fingerprint density at radius 2 is 2.11 bits per heavy atom. The highest BCUT2D eigenvalue weighted by molar-refractivity contribution is 9.10. The van der Waals surface area contributed by atoms with Crippen molar-refractivity contribution in [2.75, 3.05) is 14.2 Å². The molecule has 2 aromatic heterocycles. The van der Waals surface area contributed by atoms with Crippen LogP contribution in [0.5, 0.6) is 11.5 Å². The summed E-state index contributed by atoms with van der Waals surface area (Å²) in [6, 6.07) is 7.46. The van der Waals surface area contributed by atoms with Crippen molar-refractivity contribution in [3.8, 4) is 11.5 Å². The lowest BCUT2D eigenvalue weighted by Crippen LogP contribution is -2.28. The van der Waals surface area contributed by atoms with Crippen LogP contribution in [0.4, 0.5) is 5.00 Å². The Hall–Kier alpha value is -2.58. The second-order valence-corrected chi connectivity index (χ2v) is 11.7. The van der Waals surface area contributed by atoms with Crippen molar-refractivity contribution in [2.24, 2.45) is 16.3 Å². The van der Waals surface area contributed by atoms with Gasteiger partial charge in [-0.05, 0) is 81.9 Å². The van der Waals surface area contributed by atoms with Crippen LogP contribution in [0.15, 0.2) is 44.4 Å². The highest BCUT2D eigenvalue weighted by Gasteiger charge is 2.33. The quantitative estimate of drug-likeness (QED) is 0.318. The fraction of sp³-hybridized carbons (Fsp3) is 0.407. The van der Waals surface area contributed by atoms with Gasteiger partial charge in [-0.1, -0.05) is 20.8 Å². The Balaban J connectivity index is 1.68. The molecular weight excluding hydrogens is 528 g/mol. The van der Waals surface area contributed by atoms with Gasteiger partial charge in [0.25, 0.3) is 5.91 Å². The number of thiophene rings is 1. The van der Waals surface area contributed by atoms with Gasteiger partial charge in [0.1, 0.15) is 10.8 Å². The molecule has 0 unspecified atom stereocenters. The molecule has 1 aliphatic rings. The van der Waals surface area contributed by atoms with Crippen LogP contribution in [0.2, 0.25) is 0 Å². The van der Waals surface area contributed by atoms with Gasteiger partial charge >= 0.3 is 0 Å². The van der Waals surface area contributed by atoms with E-state index in [1.165, 1.54) is 4.88 Å². The van der Waals surface area contributed by atoms with Gasteiger partial charge in [0.2, 0.25) is 0 Å². The summed E-state index contributed by atoms with van der Waals surface area (Å²) in [7, 11) is 3.21. The molecule has 4 rings (SSSR count). The monoisotopic (exact) mass is 558 g/mol. The van der Waals surface area contributed by atoms with Gasteiger partial charge in [-0.3, -0.25) is 4.79 Å². The summed E-state index contributed by atoms with van der Waals surface area (Å²) in [4.78, 5) is 19.4. The Morgan fingerprint density at radius 1 is 1.31 bits per heavy atom. The summed E-state index contributed by atoms with van der Waals surface area (Å²) in [5.41, 5.74) is 2.88. The molecule has 1 N–H and O–H groups in total. The number of benzene rings is 1. The molecule has 1 aliphatic carbocycles. The molecule has 0 radical (unpaired) electrons. The molecule has 8 heteroatoms. The predicted octanol–water partition coefficient (Wildman–Crippen LogP) is 6.95. The number of halogens is 1. The second-order valence-electron chi connectivity index (χ2n) is 9.75. The average molecular weight is 560 g/mol. The third-order valence-electron chi connectivity index (χ3n) is 6.49. The summed E-state index contributed by atoms with van der Waals surface area (Å²) in [6.07, 6.45) is 6.30. The highest BCUT2D eigenvalue weighted by Crippen LogP contribution is 2.45. The molecule has 1 amide bonds. The van der Waals surface area contributed by atoms with Crippen LogP contribution in [-0.4, -0.2) is 26.3 Å². The minimum Gasteiger partial charge on any atom is -0.493 e. The van der Waals surface area contributed by atoms with Crippen LogP contribution in [0, 0.1) is 11.3 Å². The molecule has 0 spiro atoms. The van der Waals surface area contributed by atoms with Crippen molar-refractivity contribution < 1.29 is 18.7 Å². The fourth-order valence-corrected chi connectivity index (χ4v) is 6.34. The van der Waals surface area contributed by atoms with Gasteiger partial charge in [0, 0.05) is 11.1 Å². The SMILES string of the molecule is COc1cc(C=Nc2sc3c(c2C(=O)NCc2ccco2)CC[C@@H](C(C)(C)C)C3)cc(Br)c1OC. The van der Waals surface area contributed by atoms with E-state index in [1.807, 2.05) is 24.3 Å². The number of methoxy groups -OCH3 is 2.